The molecule has 0 fully saturated rings. The average Bonchev–Trinajstić information content (AvgIpc) is 2.00. The quantitative estimate of drug-likeness (QED) is 0.666. The van der Waals surface area contributed by atoms with Crippen LogP contribution >= 0.6 is 11.6 Å². The van der Waals surface area contributed by atoms with Crippen LogP contribution < -0.4 is 5.32 Å². The number of rotatable bonds is 5. The summed E-state index contributed by atoms with van der Waals surface area (Å²) >= 11 is 5.56. The molecule has 0 saturated heterocycles. The highest BCUT2D eigenvalue weighted by atomic mass is 35.5. The largest absolute Gasteiger partial charge is 0.385 e. The van der Waals surface area contributed by atoms with Crippen molar-refractivity contribution in [2.45, 2.75) is 31.7 Å². The SMILES string of the molecule is COCCC(C)NC(=O)C(C)Cl. The van der Waals surface area contributed by atoms with Gasteiger partial charge < -0.3 is 10.1 Å². The van der Waals surface area contributed by atoms with Crippen LogP contribution in [0.3, 0.4) is 0 Å². The van der Waals surface area contributed by atoms with Crippen molar-refractivity contribution in [1.82, 2.24) is 5.32 Å². The molecular formula is C8H16ClNO2. The fourth-order valence-corrected chi connectivity index (χ4v) is 0.787. The second-order valence-corrected chi connectivity index (χ2v) is 3.46. The Morgan fingerprint density at radius 2 is 2.17 bits per heavy atom. The fourth-order valence-electron chi connectivity index (χ4n) is 0.724. The normalized spacial score (nSPS) is 15.3. The molecule has 3 nitrogen and oxygen atoms in total. The Hall–Kier alpha value is -0.280. The van der Waals surface area contributed by atoms with Gasteiger partial charge in [0.1, 0.15) is 5.38 Å². The molecule has 0 aromatic rings. The van der Waals surface area contributed by atoms with Gasteiger partial charge in [-0.15, -0.1) is 11.6 Å². The van der Waals surface area contributed by atoms with Crippen LogP contribution in [0.4, 0.5) is 0 Å². The van der Waals surface area contributed by atoms with Crippen LogP contribution in [0, 0.1) is 0 Å². The van der Waals surface area contributed by atoms with Crippen molar-refractivity contribution in [3.8, 4) is 0 Å². The molecular weight excluding hydrogens is 178 g/mol. The molecule has 0 aliphatic rings. The van der Waals surface area contributed by atoms with Gasteiger partial charge in [0.05, 0.1) is 0 Å². The highest BCUT2D eigenvalue weighted by Crippen LogP contribution is 1.96. The molecule has 1 N–H and O–H groups in total. The Morgan fingerprint density at radius 1 is 1.58 bits per heavy atom. The molecule has 0 aromatic heterocycles. The first-order valence-corrected chi connectivity index (χ1v) is 4.45. The van der Waals surface area contributed by atoms with Gasteiger partial charge >= 0.3 is 0 Å². The molecule has 0 aromatic carbocycles. The van der Waals surface area contributed by atoms with Gasteiger partial charge in [0.2, 0.25) is 5.91 Å². The van der Waals surface area contributed by atoms with Crippen LogP contribution in [0.25, 0.3) is 0 Å². The fraction of sp³-hybridized carbons (Fsp3) is 0.875. The van der Waals surface area contributed by atoms with E-state index in [4.69, 9.17) is 16.3 Å². The Labute approximate surface area is 78.4 Å². The summed E-state index contributed by atoms with van der Waals surface area (Å²) in [5.41, 5.74) is 0. The van der Waals surface area contributed by atoms with E-state index in [-0.39, 0.29) is 11.9 Å². The standard InChI is InChI=1S/C8H16ClNO2/c1-6(4-5-12-3)10-8(11)7(2)9/h6-7H,4-5H2,1-3H3,(H,10,11). The first kappa shape index (κ1) is 11.7. The summed E-state index contributed by atoms with van der Waals surface area (Å²) in [6.45, 7) is 4.23. The summed E-state index contributed by atoms with van der Waals surface area (Å²) < 4.78 is 4.87. The maximum Gasteiger partial charge on any atom is 0.237 e. The molecule has 2 unspecified atom stereocenters. The zero-order valence-electron chi connectivity index (χ0n) is 7.76. The van der Waals surface area contributed by atoms with Crippen LogP contribution in [0.15, 0.2) is 0 Å². The van der Waals surface area contributed by atoms with Crippen molar-refractivity contribution >= 4 is 17.5 Å². The van der Waals surface area contributed by atoms with Crippen LogP contribution in [0.5, 0.6) is 0 Å². The van der Waals surface area contributed by atoms with Gasteiger partial charge in [-0.05, 0) is 20.3 Å². The van der Waals surface area contributed by atoms with Gasteiger partial charge in [0.25, 0.3) is 0 Å². The number of hydrogen-bond acceptors (Lipinski definition) is 2. The van der Waals surface area contributed by atoms with Crippen molar-refractivity contribution in [1.29, 1.82) is 0 Å². The predicted octanol–water partition coefficient (Wildman–Crippen LogP) is 1.15. The lowest BCUT2D eigenvalue weighted by molar-refractivity contribution is -0.121. The highest BCUT2D eigenvalue weighted by molar-refractivity contribution is 6.30. The number of halogens is 1. The first-order valence-electron chi connectivity index (χ1n) is 4.01. The van der Waals surface area contributed by atoms with Crippen LogP contribution in [-0.4, -0.2) is 31.0 Å². The molecule has 0 bridgehead atoms. The van der Waals surface area contributed by atoms with Gasteiger partial charge in [0.15, 0.2) is 0 Å². The molecule has 2 atom stereocenters. The van der Waals surface area contributed by atoms with Crippen molar-refractivity contribution < 1.29 is 9.53 Å². The third kappa shape index (κ3) is 5.38. The van der Waals surface area contributed by atoms with Crippen LogP contribution in [0.2, 0.25) is 0 Å². The predicted molar refractivity (Wildman–Crippen MR) is 49.4 cm³/mol. The van der Waals surface area contributed by atoms with Crippen LogP contribution in [0.1, 0.15) is 20.3 Å². The van der Waals surface area contributed by atoms with E-state index in [1.54, 1.807) is 14.0 Å². The number of methoxy groups -OCH3 is 1. The minimum absolute atomic E-state index is 0.124. The van der Waals surface area contributed by atoms with Crippen molar-refractivity contribution in [3.05, 3.63) is 0 Å². The molecule has 4 heteroatoms. The number of ether oxygens (including phenoxy) is 1. The summed E-state index contributed by atoms with van der Waals surface area (Å²) in [5.74, 6) is -0.125. The molecule has 0 aliphatic carbocycles. The maximum absolute atomic E-state index is 11.0. The second-order valence-electron chi connectivity index (χ2n) is 2.81. The lowest BCUT2D eigenvalue weighted by Crippen LogP contribution is -2.37. The van der Waals surface area contributed by atoms with Crippen molar-refractivity contribution in [2.75, 3.05) is 13.7 Å². The van der Waals surface area contributed by atoms with Crippen molar-refractivity contribution in [2.24, 2.45) is 0 Å². The molecule has 0 radical (unpaired) electrons. The lowest BCUT2D eigenvalue weighted by atomic mass is 10.2. The Bertz CT molecular complexity index is 139. The van der Waals surface area contributed by atoms with Gasteiger partial charge in [-0.3, -0.25) is 4.79 Å². The number of hydrogen-bond donors (Lipinski definition) is 1. The molecule has 72 valence electrons. The van der Waals surface area contributed by atoms with E-state index in [0.29, 0.717) is 6.61 Å². The number of alkyl halides is 1. The third-order valence-corrected chi connectivity index (χ3v) is 1.70. The van der Waals surface area contributed by atoms with Crippen LogP contribution in [-0.2, 0) is 9.53 Å². The van der Waals surface area contributed by atoms with Gasteiger partial charge in [-0.2, -0.15) is 0 Å². The Morgan fingerprint density at radius 3 is 2.58 bits per heavy atom. The summed E-state index contributed by atoms with van der Waals surface area (Å²) in [5, 5.41) is 2.30. The molecule has 0 saturated carbocycles. The summed E-state index contributed by atoms with van der Waals surface area (Å²) in [7, 11) is 1.64. The van der Waals surface area contributed by atoms with E-state index >= 15 is 0 Å². The number of carbonyl (C=O) groups is 1. The molecule has 0 aliphatic heterocycles. The smallest absolute Gasteiger partial charge is 0.237 e. The number of amides is 1. The van der Waals surface area contributed by atoms with E-state index in [0.717, 1.165) is 6.42 Å². The van der Waals surface area contributed by atoms with E-state index in [9.17, 15) is 4.79 Å². The molecule has 0 rings (SSSR count). The first-order chi connectivity index (χ1) is 5.57. The van der Waals surface area contributed by atoms with Crippen molar-refractivity contribution in [3.63, 3.8) is 0 Å². The maximum atomic E-state index is 11.0. The van der Waals surface area contributed by atoms with E-state index < -0.39 is 5.38 Å². The Balaban J connectivity index is 3.54. The molecule has 0 spiro atoms. The summed E-state index contributed by atoms with van der Waals surface area (Å²) in [6, 6.07) is 0.124. The number of nitrogens with one attached hydrogen (secondary N) is 1. The zero-order valence-corrected chi connectivity index (χ0v) is 8.52. The summed E-state index contributed by atoms with van der Waals surface area (Å²) in [4.78, 5) is 11.0. The van der Waals surface area contributed by atoms with E-state index in [1.165, 1.54) is 0 Å². The lowest BCUT2D eigenvalue weighted by Gasteiger charge is -2.13. The van der Waals surface area contributed by atoms with E-state index in [2.05, 4.69) is 5.32 Å². The zero-order chi connectivity index (χ0) is 9.56. The van der Waals surface area contributed by atoms with Gasteiger partial charge in [0, 0.05) is 19.8 Å². The van der Waals surface area contributed by atoms with E-state index in [1.807, 2.05) is 6.92 Å². The topological polar surface area (TPSA) is 38.3 Å². The minimum atomic E-state index is -0.463. The average molecular weight is 194 g/mol. The minimum Gasteiger partial charge on any atom is -0.385 e. The monoisotopic (exact) mass is 193 g/mol. The summed E-state index contributed by atoms with van der Waals surface area (Å²) in [6.07, 6.45) is 0.811. The molecule has 12 heavy (non-hydrogen) atoms. The third-order valence-electron chi connectivity index (χ3n) is 1.50. The highest BCUT2D eigenvalue weighted by Gasteiger charge is 2.11. The van der Waals surface area contributed by atoms with Gasteiger partial charge in [-0.25, -0.2) is 0 Å². The molecule has 1 amide bonds. The second kappa shape index (κ2) is 6.26. The Kier molecular flexibility index (Phi) is 6.11. The number of carbonyl (C=O) groups excluding carboxylic acids is 1. The van der Waals surface area contributed by atoms with Gasteiger partial charge in [-0.1, -0.05) is 0 Å². The molecule has 0 heterocycles.